The van der Waals surface area contributed by atoms with Crippen LogP contribution in [0.25, 0.3) is 0 Å². The molecule has 0 aliphatic heterocycles. The van der Waals surface area contributed by atoms with Gasteiger partial charge in [-0.05, 0) is 6.42 Å². The summed E-state index contributed by atoms with van der Waals surface area (Å²) in [5, 5.41) is 8.07. The van der Waals surface area contributed by atoms with Crippen LogP contribution in [0.1, 0.15) is 19.8 Å². The van der Waals surface area contributed by atoms with E-state index in [1.165, 1.54) is 0 Å². The maximum absolute atomic E-state index is 8.07. The lowest BCUT2D eigenvalue weighted by Crippen LogP contribution is -1.75. The Morgan fingerprint density at radius 1 is 1.29 bits per heavy atom. The number of unbranched alkanes of at least 4 members (excludes halogenated alkanes) is 1. The van der Waals surface area contributed by atoms with Gasteiger partial charge in [-0.15, -0.1) is 24.8 Å². The highest BCUT2D eigenvalue weighted by atomic mass is 35.5. The SMILES string of the molecule is CCCCO.Cl.Cl. The van der Waals surface area contributed by atoms with Gasteiger partial charge in [-0.1, -0.05) is 13.3 Å². The second-order valence-electron chi connectivity index (χ2n) is 1.08. The number of aliphatic hydroxyl groups is 1. The van der Waals surface area contributed by atoms with Crippen molar-refractivity contribution >= 4 is 24.8 Å². The zero-order valence-electron chi connectivity index (χ0n) is 4.39. The summed E-state index contributed by atoms with van der Waals surface area (Å²) in [6.45, 7) is 2.40. The number of rotatable bonds is 2. The van der Waals surface area contributed by atoms with Gasteiger partial charge in [0.1, 0.15) is 0 Å². The van der Waals surface area contributed by atoms with E-state index in [4.69, 9.17) is 5.11 Å². The minimum atomic E-state index is 0. The minimum Gasteiger partial charge on any atom is -0.396 e. The number of hydrogen-bond acceptors (Lipinski definition) is 1. The van der Waals surface area contributed by atoms with Crippen LogP contribution in [0.15, 0.2) is 0 Å². The molecule has 0 saturated heterocycles. The van der Waals surface area contributed by atoms with Crippen molar-refractivity contribution < 1.29 is 5.11 Å². The van der Waals surface area contributed by atoms with Crippen molar-refractivity contribution in [2.24, 2.45) is 0 Å². The van der Waals surface area contributed by atoms with Gasteiger partial charge in [0.25, 0.3) is 0 Å². The van der Waals surface area contributed by atoms with Gasteiger partial charge in [0.2, 0.25) is 0 Å². The molecule has 0 unspecified atom stereocenters. The molecule has 0 heterocycles. The topological polar surface area (TPSA) is 20.2 Å². The van der Waals surface area contributed by atoms with Gasteiger partial charge in [0, 0.05) is 6.61 Å². The fourth-order valence-corrected chi connectivity index (χ4v) is 0.158. The lowest BCUT2D eigenvalue weighted by molar-refractivity contribution is 0.287. The van der Waals surface area contributed by atoms with Crippen LogP contribution in [0, 0.1) is 0 Å². The third-order valence-corrected chi connectivity index (χ3v) is 0.512. The molecule has 0 amide bonds. The van der Waals surface area contributed by atoms with Crippen LogP contribution in [0.2, 0.25) is 0 Å². The molecule has 0 aromatic rings. The molecule has 0 aromatic heterocycles. The molecule has 0 aliphatic rings. The number of aliphatic hydroxyl groups excluding tert-OH is 1. The highest BCUT2D eigenvalue weighted by Gasteiger charge is 1.69. The van der Waals surface area contributed by atoms with Gasteiger partial charge in [-0.2, -0.15) is 0 Å². The lowest BCUT2D eigenvalue weighted by Gasteiger charge is -1.79. The maximum atomic E-state index is 8.07. The van der Waals surface area contributed by atoms with Crippen LogP contribution in [-0.4, -0.2) is 11.7 Å². The van der Waals surface area contributed by atoms with E-state index in [1.54, 1.807) is 0 Å². The van der Waals surface area contributed by atoms with Crippen LogP contribution in [0.5, 0.6) is 0 Å². The Labute approximate surface area is 56.9 Å². The first-order valence-corrected chi connectivity index (χ1v) is 2.02. The van der Waals surface area contributed by atoms with Gasteiger partial charge in [-0.25, -0.2) is 0 Å². The third-order valence-electron chi connectivity index (χ3n) is 0.512. The van der Waals surface area contributed by atoms with E-state index in [0.29, 0.717) is 6.61 Å². The van der Waals surface area contributed by atoms with E-state index < -0.39 is 0 Å². The average molecular weight is 147 g/mol. The predicted molar refractivity (Wildman–Crippen MR) is 36.5 cm³/mol. The number of halogens is 2. The molecule has 1 N–H and O–H groups in total. The second-order valence-corrected chi connectivity index (χ2v) is 1.08. The molecule has 7 heavy (non-hydrogen) atoms. The van der Waals surface area contributed by atoms with Gasteiger partial charge in [0.05, 0.1) is 0 Å². The van der Waals surface area contributed by atoms with E-state index in [0.717, 1.165) is 12.8 Å². The van der Waals surface area contributed by atoms with Gasteiger partial charge < -0.3 is 5.11 Å². The van der Waals surface area contributed by atoms with Gasteiger partial charge in [-0.3, -0.25) is 0 Å². The average Bonchev–Trinajstić information content (AvgIpc) is 1.41. The molecule has 0 bridgehead atoms. The zero-order valence-corrected chi connectivity index (χ0v) is 6.02. The molecular formula is C4H12Cl2O. The summed E-state index contributed by atoms with van der Waals surface area (Å²) >= 11 is 0. The first-order valence-electron chi connectivity index (χ1n) is 2.02. The fraction of sp³-hybridized carbons (Fsp3) is 1.00. The Kier molecular flexibility index (Phi) is 35.8. The van der Waals surface area contributed by atoms with Gasteiger partial charge in [0.15, 0.2) is 0 Å². The van der Waals surface area contributed by atoms with Crippen LogP contribution in [0.4, 0.5) is 0 Å². The molecule has 0 spiro atoms. The molecule has 0 atom stereocenters. The van der Waals surface area contributed by atoms with Crippen molar-refractivity contribution in [3.63, 3.8) is 0 Å². The van der Waals surface area contributed by atoms with E-state index >= 15 is 0 Å². The Balaban J connectivity index is -0.0000000800. The van der Waals surface area contributed by atoms with Crippen molar-refractivity contribution in [2.45, 2.75) is 19.8 Å². The summed E-state index contributed by atoms with van der Waals surface area (Å²) in [5.74, 6) is 0. The number of hydrogen-bond donors (Lipinski definition) is 1. The van der Waals surface area contributed by atoms with Crippen molar-refractivity contribution in [3.8, 4) is 0 Å². The van der Waals surface area contributed by atoms with Crippen LogP contribution in [-0.2, 0) is 0 Å². The van der Waals surface area contributed by atoms with Crippen molar-refractivity contribution in [1.82, 2.24) is 0 Å². The van der Waals surface area contributed by atoms with Crippen molar-refractivity contribution in [2.75, 3.05) is 6.61 Å². The first kappa shape index (κ1) is 15.6. The summed E-state index contributed by atoms with van der Waals surface area (Å²) in [6, 6.07) is 0. The van der Waals surface area contributed by atoms with Crippen LogP contribution in [0.3, 0.4) is 0 Å². The highest BCUT2D eigenvalue weighted by molar-refractivity contribution is 5.85. The Morgan fingerprint density at radius 3 is 1.71 bits per heavy atom. The minimum absolute atomic E-state index is 0. The molecule has 0 aromatic carbocycles. The Morgan fingerprint density at radius 2 is 1.71 bits per heavy atom. The standard InChI is InChI=1S/C4H10O.2ClH/c1-2-3-4-5;;/h5H,2-4H2,1H3;2*1H. The first-order chi connectivity index (χ1) is 2.41. The molecular weight excluding hydrogens is 135 g/mol. The molecule has 0 fully saturated rings. The van der Waals surface area contributed by atoms with Crippen molar-refractivity contribution in [3.05, 3.63) is 0 Å². The molecule has 1 nitrogen and oxygen atoms in total. The summed E-state index contributed by atoms with van der Waals surface area (Å²) in [7, 11) is 0. The van der Waals surface area contributed by atoms with E-state index in [1.807, 2.05) is 0 Å². The summed E-state index contributed by atoms with van der Waals surface area (Å²) < 4.78 is 0. The smallest absolute Gasteiger partial charge is 0.0430 e. The molecule has 0 radical (unpaired) electrons. The monoisotopic (exact) mass is 146 g/mol. The fourth-order valence-electron chi connectivity index (χ4n) is 0.158. The summed E-state index contributed by atoms with van der Waals surface area (Å²) in [4.78, 5) is 0. The molecule has 0 saturated carbocycles. The quantitative estimate of drug-likeness (QED) is 0.629. The third kappa shape index (κ3) is 20.9. The molecule has 48 valence electrons. The van der Waals surface area contributed by atoms with E-state index in [9.17, 15) is 0 Å². The predicted octanol–water partition coefficient (Wildman–Crippen LogP) is 1.62. The Bertz CT molecular complexity index is 17.2. The van der Waals surface area contributed by atoms with E-state index in [-0.39, 0.29) is 24.8 Å². The van der Waals surface area contributed by atoms with Crippen LogP contribution >= 0.6 is 24.8 Å². The highest BCUT2D eigenvalue weighted by Crippen LogP contribution is 1.78. The zero-order chi connectivity index (χ0) is 4.12. The molecule has 0 rings (SSSR count). The van der Waals surface area contributed by atoms with Crippen LogP contribution < -0.4 is 0 Å². The van der Waals surface area contributed by atoms with Gasteiger partial charge >= 0.3 is 0 Å². The van der Waals surface area contributed by atoms with E-state index in [2.05, 4.69) is 6.92 Å². The lowest BCUT2D eigenvalue weighted by atomic mass is 10.4. The maximum Gasteiger partial charge on any atom is 0.0430 e. The largest absolute Gasteiger partial charge is 0.396 e. The molecule has 3 heteroatoms. The summed E-state index contributed by atoms with van der Waals surface area (Å²) in [6.07, 6.45) is 2.04. The summed E-state index contributed by atoms with van der Waals surface area (Å²) in [5.41, 5.74) is 0. The van der Waals surface area contributed by atoms with Crippen molar-refractivity contribution in [1.29, 1.82) is 0 Å². The molecule has 0 aliphatic carbocycles. The second kappa shape index (κ2) is 16.0. The normalized spacial score (nSPS) is 6.00. The Hall–Kier alpha value is 0.540.